The number of ether oxygens (including phenoxy) is 2. The van der Waals surface area contributed by atoms with Gasteiger partial charge in [0.05, 0.1) is 18.8 Å². The summed E-state index contributed by atoms with van der Waals surface area (Å²) in [6, 6.07) is 18.0. The van der Waals surface area contributed by atoms with E-state index >= 15 is 0 Å². The molecule has 2 aromatic rings. The van der Waals surface area contributed by atoms with Gasteiger partial charge < -0.3 is 14.3 Å². The van der Waals surface area contributed by atoms with E-state index in [1.165, 1.54) is 4.90 Å². The van der Waals surface area contributed by atoms with Crippen molar-refractivity contribution in [3.05, 3.63) is 60.2 Å². The van der Waals surface area contributed by atoms with E-state index in [0.717, 1.165) is 43.3 Å². The van der Waals surface area contributed by atoms with E-state index in [2.05, 4.69) is 54.4 Å². The first-order valence-corrected chi connectivity index (χ1v) is 10.7. The maximum absolute atomic E-state index is 5.62. The summed E-state index contributed by atoms with van der Waals surface area (Å²) in [6.45, 7) is 7.64. The Morgan fingerprint density at radius 3 is 2.39 bits per heavy atom. The minimum Gasteiger partial charge on any atom is -0.455 e. The van der Waals surface area contributed by atoms with E-state index in [4.69, 9.17) is 14.3 Å². The molecule has 1 aliphatic heterocycles. The first-order chi connectivity index (χ1) is 13.6. The summed E-state index contributed by atoms with van der Waals surface area (Å²) in [7, 11) is 0. The van der Waals surface area contributed by atoms with Crippen LogP contribution in [0.3, 0.4) is 0 Å². The number of hydrogen-bond acceptors (Lipinski definition) is 6. The third-order valence-corrected chi connectivity index (χ3v) is 5.67. The van der Waals surface area contributed by atoms with Gasteiger partial charge in [-0.05, 0) is 44.4 Å². The van der Waals surface area contributed by atoms with Crippen molar-refractivity contribution in [2.24, 2.45) is 5.16 Å². The summed E-state index contributed by atoms with van der Waals surface area (Å²) in [5.41, 5.74) is 1.64. The van der Waals surface area contributed by atoms with Gasteiger partial charge in [-0.1, -0.05) is 35.5 Å². The topological polar surface area (TPSA) is 43.3 Å². The molecular formula is C22H28N2O3S. The molecule has 1 aliphatic rings. The van der Waals surface area contributed by atoms with Gasteiger partial charge in [0.25, 0.3) is 6.79 Å². The Morgan fingerprint density at radius 1 is 1.07 bits per heavy atom. The molecule has 5 nitrogen and oxygen atoms in total. The van der Waals surface area contributed by atoms with Gasteiger partial charge >= 0.3 is 0 Å². The van der Waals surface area contributed by atoms with E-state index in [1.807, 2.05) is 30.3 Å². The molecule has 0 amide bonds. The van der Waals surface area contributed by atoms with Crippen molar-refractivity contribution in [1.82, 2.24) is 4.90 Å². The van der Waals surface area contributed by atoms with Crippen LogP contribution in [-0.4, -0.2) is 55.5 Å². The lowest BCUT2D eigenvalue weighted by Crippen LogP contribution is -2.54. The van der Waals surface area contributed by atoms with Gasteiger partial charge in [-0.25, -0.2) is 0 Å². The Bertz CT molecular complexity index is 757. The normalized spacial score (nSPS) is 16.0. The van der Waals surface area contributed by atoms with Gasteiger partial charge in [-0.15, -0.1) is 11.8 Å². The summed E-state index contributed by atoms with van der Waals surface area (Å²) in [6.07, 6.45) is 2.08. The van der Waals surface area contributed by atoms with Crippen molar-refractivity contribution in [1.29, 1.82) is 0 Å². The van der Waals surface area contributed by atoms with Crippen LogP contribution in [0.25, 0.3) is 0 Å². The van der Waals surface area contributed by atoms with Crippen LogP contribution < -0.4 is 4.74 Å². The number of oxime groups is 1. The minimum absolute atomic E-state index is 0.0651. The maximum atomic E-state index is 5.62. The molecule has 0 radical (unpaired) electrons. The standard InChI is InChI=1S/C22H28N2O3S/c1-22(2,24-13-15-25-16-14-24)21(18-9-11-20(28-3)12-10-18)23-27-17-26-19-7-5-4-6-8-19/h4-12H,13-17H2,1-3H3/b23-21-. The average molecular weight is 401 g/mol. The summed E-state index contributed by atoms with van der Waals surface area (Å²) in [4.78, 5) is 9.20. The minimum atomic E-state index is -0.294. The van der Waals surface area contributed by atoms with Gasteiger partial charge in [-0.3, -0.25) is 4.90 Å². The average Bonchev–Trinajstić information content (AvgIpc) is 2.75. The summed E-state index contributed by atoms with van der Waals surface area (Å²) < 4.78 is 11.1. The van der Waals surface area contributed by atoms with Crippen LogP contribution in [0.4, 0.5) is 0 Å². The molecule has 0 unspecified atom stereocenters. The number of morpholine rings is 1. The predicted octanol–water partition coefficient (Wildman–Crippen LogP) is 4.28. The molecule has 3 rings (SSSR count). The van der Waals surface area contributed by atoms with Crippen LogP contribution >= 0.6 is 11.8 Å². The van der Waals surface area contributed by atoms with Crippen molar-refractivity contribution in [3.63, 3.8) is 0 Å². The number of hydrogen-bond donors (Lipinski definition) is 0. The Kier molecular flexibility index (Phi) is 7.36. The molecule has 150 valence electrons. The molecule has 0 N–H and O–H groups in total. The fraction of sp³-hybridized carbons (Fsp3) is 0.409. The van der Waals surface area contributed by atoms with E-state index in [-0.39, 0.29) is 12.3 Å². The lowest BCUT2D eigenvalue weighted by atomic mass is 9.90. The SMILES string of the molecule is CSc1ccc(/C(=N/OCOc2ccccc2)C(C)(C)N2CCOCC2)cc1. The lowest BCUT2D eigenvalue weighted by Gasteiger charge is -2.41. The van der Waals surface area contributed by atoms with Crippen LogP contribution in [0, 0.1) is 0 Å². The van der Waals surface area contributed by atoms with Crippen LogP contribution in [0.1, 0.15) is 19.4 Å². The van der Waals surface area contributed by atoms with Crippen molar-refractivity contribution in [3.8, 4) is 5.75 Å². The molecule has 1 heterocycles. The quantitative estimate of drug-likeness (QED) is 0.218. The van der Waals surface area contributed by atoms with E-state index in [1.54, 1.807) is 11.8 Å². The molecule has 1 saturated heterocycles. The molecule has 2 aromatic carbocycles. The highest BCUT2D eigenvalue weighted by Gasteiger charge is 2.35. The highest BCUT2D eigenvalue weighted by Crippen LogP contribution is 2.25. The van der Waals surface area contributed by atoms with Crippen molar-refractivity contribution in [2.45, 2.75) is 24.3 Å². The van der Waals surface area contributed by atoms with Crippen LogP contribution in [-0.2, 0) is 9.57 Å². The summed E-state index contributed by atoms with van der Waals surface area (Å²) in [5, 5.41) is 4.51. The molecule has 0 aliphatic carbocycles. The Balaban J connectivity index is 1.78. The van der Waals surface area contributed by atoms with E-state index in [9.17, 15) is 0 Å². The molecule has 28 heavy (non-hydrogen) atoms. The second kappa shape index (κ2) is 9.96. The summed E-state index contributed by atoms with van der Waals surface area (Å²) in [5.74, 6) is 0.760. The molecule has 0 aromatic heterocycles. The second-order valence-electron chi connectivity index (χ2n) is 7.03. The number of benzene rings is 2. The lowest BCUT2D eigenvalue weighted by molar-refractivity contribution is 0.00182. The van der Waals surface area contributed by atoms with Crippen molar-refractivity contribution < 1.29 is 14.3 Å². The third-order valence-electron chi connectivity index (χ3n) is 4.92. The molecule has 0 atom stereocenters. The van der Waals surface area contributed by atoms with Crippen molar-refractivity contribution in [2.75, 3.05) is 39.4 Å². The number of para-hydroxylation sites is 1. The molecule has 0 spiro atoms. The Hall–Kier alpha value is -2.02. The maximum Gasteiger partial charge on any atom is 0.255 e. The molecule has 1 fully saturated rings. The highest BCUT2D eigenvalue weighted by atomic mass is 32.2. The fourth-order valence-corrected chi connectivity index (χ4v) is 3.65. The van der Waals surface area contributed by atoms with Crippen LogP contribution in [0.15, 0.2) is 64.6 Å². The van der Waals surface area contributed by atoms with E-state index < -0.39 is 0 Å². The predicted molar refractivity (Wildman–Crippen MR) is 114 cm³/mol. The smallest absolute Gasteiger partial charge is 0.255 e. The third kappa shape index (κ3) is 5.28. The second-order valence-corrected chi connectivity index (χ2v) is 7.91. The van der Waals surface area contributed by atoms with Crippen molar-refractivity contribution >= 4 is 17.5 Å². The first kappa shape index (κ1) is 20.7. The van der Waals surface area contributed by atoms with E-state index in [0.29, 0.717) is 0 Å². The Morgan fingerprint density at radius 2 is 1.75 bits per heavy atom. The molecule has 0 saturated carbocycles. The van der Waals surface area contributed by atoms with Gasteiger partial charge in [-0.2, -0.15) is 0 Å². The molecule has 0 bridgehead atoms. The van der Waals surface area contributed by atoms with Gasteiger partial charge in [0.2, 0.25) is 0 Å². The number of thioether (sulfide) groups is 1. The monoisotopic (exact) mass is 400 g/mol. The molecular weight excluding hydrogens is 372 g/mol. The Labute approximate surface area is 171 Å². The zero-order valence-electron chi connectivity index (χ0n) is 16.8. The number of rotatable bonds is 8. The van der Waals surface area contributed by atoms with Gasteiger partial charge in [0.15, 0.2) is 0 Å². The largest absolute Gasteiger partial charge is 0.455 e. The van der Waals surface area contributed by atoms with Gasteiger partial charge in [0.1, 0.15) is 11.5 Å². The highest BCUT2D eigenvalue weighted by molar-refractivity contribution is 7.98. The first-order valence-electron chi connectivity index (χ1n) is 9.47. The van der Waals surface area contributed by atoms with Crippen LogP contribution in [0.5, 0.6) is 5.75 Å². The summed E-state index contributed by atoms with van der Waals surface area (Å²) >= 11 is 1.73. The fourth-order valence-electron chi connectivity index (χ4n) is 3.24. The number of nitrogens with zero attached hydrogens (tertiary/aromatic N) is 2. The molecule has 6 heteroatoms. The van der Waals surface area contributed by atoms with Crippen LogP contribution in [0.2, 0.25) is 0 Å². The zero-order valence-corrected chi connectivity index (χ0v) is 17.6. The zero-order chi connectivity index (χ0) is 19.8. The van der Waals surface area contributed by atoms with Gasteiger partial charge in [0, 0.05) is 23.5 Å².